The second-order valence-corrected chi connectivity index (χ2v) is 6.51. The number of nitrogens with zero attached hydrogens (tertiary/aromatic N) is 2. The Kier molecular flexibility index (Phi) is 6.88. The minimum absolute atomic E-state index is 0.563. The second kappa shape index (κ2) is 9.12. The fourth-order valence-corrected chi connectivity index (χ4v) is 2.82. The summed E-state index contributed by atoms with van der Waals surface area (Å²) in [6.45, 7) is 11.6. The quantitative estimate of drug-likeness (QED) is 0.532. The molecule has 3 aromatic rings. The van der Waals surface area contributed by atoms with Crippen LogP contribution >= 0.6 is 0 Å². The standard InChI is InChI=1S/C13H19N.C10H9N/c1-5-14-9-13-11(4)7-6-8-12(13)10(2)3;1-8-4-2-5-9-6-3-7-11-10(8)9/h6-10H,5H2,1-4H3;2-7H,1H3. The number of hydrogen-bond donors (Lipinski definition) is 0. The zero-order chi connectivity index (χ0) is 18.2. The van der Waals surface area contributed by atoms with Crippen molar-refractivity contribution in [2.75, 3.05) is 6.54 Å². The Morgan fingerprint density at radius 3 is 2.32 bits per heavy atom. The molecule has 25 heavy (non-hydrogen) atoms. The van der Waals surface area contributed by atoms with Gasteiger partial charge >= 0.3 is 0 Å². The fraction of sp³-hybridized carbons (Fsp3) is 0.304. The topological polar surface area (TPSA) is 25.2 Å². The van der Waals surface area contributed by atoms with E-state index in [9.17, 15) is 0 Å². The van der Waals surface area contributed by atoms with Crippen LogP contribution in [0.5, 0.6) is 0 Å². The molecule has 0 saturated carbocycles. The molecule has 0 fully saturated rings. The van der Waals surface area contributed by atoms with Crippen LogP contribution in [0.4, 0.5) is 0 Å². The van der Waals surface area contributed by atoms with Gasteiger partial charge in [-0.05, 0) is 55.0 Å². The molecule has 0 radical (unpaired) electrons. The van der Waals surface area contributed by atoms with Crippen molar-refractivity contribution < 1.29 is 0 Å². The third kappa shape index (κ3) is 4.99. The molecular weight excluding hydrogens is 304 g/mol. The molecule has 0 amide bonds. The van der Waals surface area contributed by atoms with E-state index >= 15 is 0 Å². The van der Waals surface area contributed by atoms with Gasteiger partial charge in [0.05, 0.1) is 5.52 Å². The van der Waals surface area contributed by atoms with E-state index in [1.54, 1.807) is 0 Å². The predicted molar refractivity (Wildman–Crippen MR) is 110 cm³/mol. The van der Waals surface area contributed by atoms with Gasteiger partial charge < -0.3 is 0 Å². The molecule has 0 aliphatic heterocycles. The minimum Gasteiger partial charge on any atom is -0.293 e. The third-order valence-electron chi connectivity index (χ3n) is 4.22. The van der Waals surface area contributed by atoms with Crippen LogP contribution in [0.1, 0.15) is 48.9 Å². The number of benzene rings is 2. The van der Waals surface area contributed by atoms with Crippen LogP contribution < -0.4 is 0 Å². The van der Waals surface area contributed by atoms with Crippen molar-refractivity contribution in [3.8, 4) is 0 Å². The third-order valence-corrected chi connectivity index (χ3v) is 4.22. The zero-order valence-electron chi connectivity index (χ0n) is 16.0. The molecule has 130 valence electrons. The molecule has 3 rings (SSSR count). The van der Waals surface area contributed by atoms with Crippen LogP contribution in [0.2, 0.25) is 0 Å². The van der Waals surface area contributed by atoms with Crippen molar-refractivity contribution in [3.63, 3.8) is 0 Å². The van der Waals surface area contributed by atoms with Crippen molar-refractivity contribution in [1.29, 1.82) is 0 Å². The predicted octanol–water partition coefficient (Wildman–Crippen LogP) is 6.10. The molecule has 1 aromatic heterocycles. The lowest BCUT2D eigenvalue weighted by molar-refractivity contribution is 0.862. The molecule has 2 aromatic carbocycles. The van der Waals surface area contributed by atoms with Gasteiger partial charge in [0, 0.05) is 24.3 Å². The summed E-state index contributed by atoms with van der Waals surface area (Å²) >= 11 is 0. The molecule has 0 N–H and O–H groups in total. The van der Waals surface area contributed by atoms with Crippen molar-refractivity contribution in [2.24, 2.45) is 4.99 Å². The summed E-state index contributed by atoms with van der Waals surface area (Å²) in [5, 5.41) is 1.22. The summed E-state index contributed by atoms with van der Waals surface area (Å²) in [5.41, 5.74) is 6.35. The van der Waals surface area contributed by atoms with Crippen molar-refractivity contribution >= 4 is 17.1 Å². The molecule has 0 aliphatic carbocycles. The van der Waals surface area contributed by atoms with Crippen LogP contribution in [-0.4, -0.2) is 17.7 Å². The summed E-state index contributed by atoms with van der Waals surface area (Å²) in [4.78, 5) is 8.60. The largest absolute Gasteiger partial charge is 0.293 e. The first-order valence-corrected chi connectivity index (χ1v) is 8.94. The van der Waals surface area contributed by atoms with Crippen molar-refractivity contribution in [2.45, 2.75) is 40.5 Å². The number of rotatable bonds is 3. The maximum Gasteiger partial charge on any atom is 0.0731 e. The van der Waals surface area contributed by atoms with Gasteiger partial charge in [-0.25, -0.2) is 0 Å². The van der Waals surface area contributed by atoms with Crippen molar-refractivity contribution in [1.82, 2.24) is 4.98 Å². The number of pyridine rings is 1. The highest BCUT2D eigenvalue weighted by molar-refractivity contribution is 5.84. The Morgan fingerprint density at radius 1 is 0.960 bits per heavy atom. The van der Waals surface area contributed by atoms with E-state index in [1.165, 1.54) is 27.6 Å². The second-order valence-electron chi connectivity index (χ2n) is 6.51. The fourth-order valence-electron chi connectivity index (χ4n) is 2.82. The van der Waals surface area contributed by atoms with Gasteiger partial charge in [-0.15, -0.1) is 0 Å². The van der Waals surface area contributed by atoms with Gasteiger partial charge in [0.25, 0.3) is 0 Å². The summed E-state index contributed by atoms with van der Waals surface area (Å²) in [5.74, 6) is 0.563. The highest BCUT2D eigenvalue weighted by Crippen LogP contribution is 2.20. The number of fused-ring (bicyclic) bond motifs is 1. The van der Waals surface area contributed by atoms with Gasteiger partial charge in [-0.3, -0.25) is 9.98 Å². The van der Waals surface area contributed by atoms with Crippen LogP contribution in [0.15, 0.2) is 59.7 Å². The monoisotopic (exact) mass is 332 g/mol. The Labute approximate surface area is 151 Å². The summed E-state index contributed by atoms with van der Waals surface area (Å²) in [6, 6.07) is 16.7. The van der Waals surface area contributed by atoms with E-state index in [4.69, 9.17) is 0 Å². The van der Waals surface area contributed by atoms with Gasteiger partial charge in [0.2, 0.25) is 0 Å². The smallest absolute Gasteiger partial charge is 0.0731 e. The zero-order valence-corrected chi connectivity index (χ0v) is 16.0. The Morgan fingerprint density at radius 2 is 1.64 bits per heavy atom. The molecular formula is C23H28N2. The normalized spacial score (nSPS) is 11.0. The van der Waals surface area contributed by atoms with Crippen LogP contribution in [0.25, 0.3) is 10.9 Å². The first-order chi connectivity index (χ1) is 12.0. The average Bonchev–Trinajstić information content (AvgIpc) is 2.61. The highest BCUT2D eigenvalue weighted by Gasteiger charge is 2.06. The highest BCUT2D eigenvalue weighted by atomic mass is 14.7. The lowest BCUT2D eigenvalue weighted by Gasteiger charge is -2.11. The molecule has 0 bridgehead atoms. The van der Waals surface area contributed by atoms with E-state index in [0.29, 0.717) is 5.92 Å². The number of aryl methyl sites for hydroxylation is 2. The molecule has 0 atom stereocenters. The summed E-state index contributed by atoms with van der Waals surface area (Å²) < 4.78 is 0. The molecule has 2 heteroatoms. The van der Waals surface area contributed by atoms with Crippen LogP contribution in [0.3, 0.4) is 0 Å². The number of para-hydroxylation sites is 1. The van der Waals surface area contributed by atoms with Gasteiger partial charge in [0.1, 0.15) is 0 Å². The van der Waals surface area contributed by atoms with E-state index in [1.807, 2.05) is 18.5 Å². The Hall–Kier alpha value is -2.48. The number of aromatic nitrogens is 1. The lowest BCUT2D eigenvalue weighted by Crippen LogP contribution is -1.98. The minimum atomic E-state index is 0.563. The van der Waals surface area contributed by atoms with Gasteiger partial charge in [0.15, 0.2) is 0 Å². The van der Waals surface area contributed by atoms with Gasteiger partial charge in [-0.2, -0.15) is 0 Å². The number of hydrogen-bond acceptors (Lipinski definition) is 2. The van der Waals surface area contributed by atoms with Gasteiger partial charge in [-0.1, -0.05) is 56.3 Å². The average molecular weight is 332 g/mol. The summed E-state index contributed by atoms with van der Waals surface area (Å²) in [7, 11) is 0. The molecule has 0 unspecified atom stereocenters. The molecule has 2 nitrogen and oxygen atoms in total. The van der Waals surface area contributed by atoms with Crippen LogP contribution in [0, 0.1) is 13.8 Å². The first-order valence-electron chi connectivity index (χ1n) is 8.94. The molecule has 0 spiro atoms. The van der Waals surface area contributed by atoms with Crippen LogP contribution in [-0.2, 0) is 0 Å². The lowest BCUT2D eigenvalue weighted by atomic mass is 9.94. The Bertz CT molecular complexity index is 842. The molecule has 0 saturated heterocycles. The first kappa shape index (κ1) is 18.9. The Balaban J connectivity index is 0.000000185. The van der Waals surface area contributed by atoms with E-state index < -0.39 is 0 Å². The number of aliphatic imine (C=N–C) groups is 1. The SMILES string of the molecule is CCN=Cc1c(C)cccc1C(C)C.Cc1cccc2cccnc12. The van der Waals surface area contributed by atoms with E-state index in [2.05, 4.69) is 87.1 Å². The van der Waals surface area contributed by atoms with E-state index in [0.717, 1.165) is 12.1 Å². The van der Waals surface area contributed by atoms with Crippen molar-refractivity contribution in [3.05, 3.63) is 77.0 Å². The maximum absolute atomic E-state index is 4.32. The molecule has 0 aliphatic rings. The summed E-state index contributed by atoms with van der Waals surface area (Å²) in [6.07, 6.45) is 3.83. The van der Waals surface area contributed by atoms with E-state index in [-0.39, 0.29) is 0 Å². The maximum atomic E-state index is 4.32. The molecule has 1 heterocycles.